The Morgan fingerprint density at radius 3 is 2.53 bits per heavy atom. The monoisotopic (exact) mass is 513 g/mol. The minimum Gasteiger partial charge on any atom is -0.367 e. The molecule has 5 heteroatoms. The van der Waals surface area contributed by atoms with Crippen LogP contribution in [0.2, 0.25) is 0 Å². The summed E-state index contributed by atoms with van der Waals surface area (Å²) in [5.41, 5.74) is 5.01. The van der Waals surface area contributed by atoms with Gasteiger partial charge in [0, 0.05) is 22.7 Å². The number of hydrazone groups is 1. The van der Waals surface area contributed by atoms with Crippen LogP contribution < -0.4 is 9.91 Å². The molecule has 1 fully saturated rings. The first-order valence-corrected chi connectivity index (χ1v) is 12.9. The highest BCUT2D eigenvalue weighted by molar-refractivity contribution is 9.10. The van der Waals surface area contributed by atoms with Crippen LogP contribution in [0.1, 0.15) is 30.9 Å². The molecule has 0 aliphatic carbocycles. The Kier molecular flexibility index (Phi) is 5.33. The zero-order valence-corrected chi connectivity index (χ0v) is 20.9. The topological polar surface area (TPSA) is 35.9 Å². The number of nitrogens with zero attached hydrogens (tertiary/aromatic N) is 3. The summed E-state index contributed by atoms with van der Waals surface area (Å²) in [5.74, 6) is 0.654. The fourth-order valence-electron chi connectivity index (χ4n) is 6.28. The second kappa shape index (κ2) is 8.38. The Hall–Kier alpha value is -2.92. The molecule has 0 bridgehead atoms. The molecule has 0 aromatic heterocycles. The van der Waals surface area contributed by atoms with Gasteiger partial charge in [-0.2, -0.15) is 10.1 Å². The third kappa shape index (κ3) is 3.40. The number of rotatable bonds is 3. The summed E-state index contributed by atoms with van der Waals surface area (Å²) in [7, 11) is 0. The number of carbonyl (C=O) groups is 1. The van der Waals surface area contributed by atoms with Crippen molar-refractivity contribution >= 4 is 38.9 Å². The number of halogens is 1. The predicted octanol–water partition coefficient (Wildman–Crippen LogP) is 6.24. The highest BCUT2D eigenvalue weighted by Crippen LogP contribution is 2.51. The van der Waals surface area contributed by atoms with Crippen molar-refractivity contribution in [1.29, 1.82) is 0 Å². The number of amides is 1. The van der Waals surface area contributed by atoms with Crippen LogP contribution in [0.4, 0.5) is 11.4 Å². The van der Waals surface area contributed by atoms with Gasteiger partial charge in [-0.15, -0.1) is 0 Å². The zero-order valence-electron chi connectivity index (χ0n) is 19.3. The molecule has 3 aliphatic rings. The number of para-hydroxylation sites is 1. The van der Waals surface area contributed by atoms with Gasteiger partial charge in [-0.25, -0.2) is 0 Å². The molecule has 6 rings (SSSR count). The van der Waals surface area contributed by atoms with Gasteiger partial charge in [-0.1, -0.05) is 64.5 Å². The molecule has 0 unspecified atom stereocenters. The summed E-state index contributed by atoms with van der Waals surface area (Å²) in [6.07, 6.45) is 3.87. The number of hydrogen-bond acceptors (Lipinski definition) is 3. The molecule has 0 N–H and O–H groups in total. The maximum atomic E-state index is 14.3. The molecular weight excluding hydrogens is 486 g/mol. The first-order chi connectivity index (χ1) is 16.6. The molecule has 1 saturated heterocycles. The SMILES string of the molecule is CC1=NN(c2ccccc2)C(=O)[C@]12Cc1cc(Br)ccc1N1CC[C@@H](Cc3ccccc3)C[C@@H]12. The average molecular weight is 514 g/mol. The van der Waals surface area contributed by atoms with E-state index >= 15 is 0 Å². The van der Waals surface area contributed by atoms with Crippen LogP contribution in [0.5, 0.6) is 0 Å². The van der Waals surface area contributed by atoms with E-state index in [1.54, 1.807) is 5.01 Å². The summed E-state index contributed by atoms with van der Waals surface area (Å²) in [6.45, 7) is 3.02. The second-order valence-electron chi connectivity index (χ2n) is 9.85. The van der Waals surface area contributed by atoms with E-state index in [0.717, 1.165) is 41.7 Å². The van der Waals surface area contributed by atoms with Gasteiger partial charge in [0.25, 0.3) is 5.91 Å². The molecule has 0 radical (unpaired) electrons. The standard InChI is InChI=1S/C29H28BrN3O/c1-20-29(28(34)33(31-20)25-10-6-3-7-11-25)19-23-18-24(30)12-13-26(23)32-15-14-22(17-27(29)32)16-21-8-4-2-5-9-21/h2-13,18,22,27H,14-17,19H2,1H3/t22-,27+,29+/m0/s1. The number of carbonyl (C=O) groups excluding carboxylic acids is 1. The maximum absolute atomic E-state index is 14.3. The Morgan fingerprint density at radius 2 is 1.76 bits per heavy atom. The Balaban J connectivity index is 1.41. The van der Waals surface area contributed by atoms with Gasteiger partial charge in [0.1, 0.15) is 5.41 Å². The summed E-state index contributed by atoms with van der Waals surface area (Å²) in [5, 5.41) is 6.52. The van der Waals surface area contributed by atoms with Gasteiger partial charge in [-0.3, -0.25) is 4.79 Å². The van der Waals surface area contributed by atoms with Crippen LogP contribution in [0, 0.1) is 11.3 Å². The van der Waals surface area contributed by atoms with Crippen molar-refractivity contribution in [2.45, 2.75) is 38.6 Å². The van der Waals surface area contributed by atoms with E-state index in [9.17, 15) is 4.79 Å². The van der Waals surface area contributed by atoms with Crippen molar-refractivity contribution < 1.29 is 4.79 Å². The lowest BCUT2D eigenvalue weighted by Crippen LogP contribution is -2.62. The molecule has 1 amide bonds. The molecule has 3 aromatic rings. The third-order valence-corrected chi connectivity index (χ3v) is 8.43. The molecule has 4 nitrogen and oxygen atoms in total. The van der Waals surface area contributed by atoms with E-state index in [2.05, 4.69) is 76.3 Å². The molecule has 3 atom stereocenters. The first kappa shape index (κ1) is 21.6. The van der Waals surface area contributed by atoms with Crippen molar-refractivity contribution in [2.75, 3.05) is 16.5 Å². The molecular formula is C29H28BrN3O. The van der Waals surface area contributed by atoms with Gasteiger partial charge in [0.05, 0.1) is 11.4 Å². The summed E-state index contributed by atoms with van der Waals surface area (Å²) >= 11 is 3.66. The van der Waals surface area contributed by atoms with Crippen LogP contribution in [0.25, 0.3) is 0 Å². The molecule has 3 aliphatic heterocycles. The van der Waals surface area contributed by atoms with Gasteiger partial charge in [-0.05, 0) is 80.0 Å². The fourth-order valence-corrected chi connectivity index (χ4v) is 6.69. The van der Waals surface area contributed by atoms with E-state index in [-0.39, 0.29) is 11.9 Å². The van der Waals surface area contributed by atoms with Crippen molar-refractivity contribution in [3.63, 3.8) is 0 Å². The van der Waals surface area contributed by atoms with Crippen molar-refractivity contribution in [2.24, 2.45) is 16.4 Å². The largest absolute Gasteiger partial charge is 0.367 e. The minimum atomic E-state index is -0.640. The van der Waals surface area contributed by atoms with E-state index in [0.29, 0.717) is 12.3 Å². The highest BCUT2D eigenvalue weighted by Gasteiger charge is 2.59. The molecule has 3 aromatic carbocycles. The van der Waals surface area contributed by atoms with Crippen molar-refractivity contribution in [3.05, 3.63) is 94.5 Å². The number of piperidine rings is 1. The van der Waals surface area contributed by atoms with E-state index < -0.39 is 5.41 Å². The lowest BCUT2D eigenvalue weighted by Gasteiger charge is -2.52. The Bertz CT molecular complexity index is 1260. The quantitative estimate of drug-likeness (QED) is 0.415. The Labute approximate surface area is 209 Å². The molecule has 34 heavy (non-hydrogen) atoms. The average Bonchev–Trinajstić information content (AvgIpc) is 3.11. The lowest BCUT2D eigenvalue weighted by molar-refractivity contribution is -0.125. The molecule has 3 heterocycles. The van der Waals surface area contributed by atoms with Crippen LogP contribution in [0.3, 0.4) is 0 Å². The predicted molar refractivity (Wildman–Crippen MR) is 141 cm³/mol. The normalized spacial score (nSPS) is 25.8. The maximum Gasteiger partial charge on any atom is 0.261 e. The second-order valence-corrected chi connectivity index (χ2v) is 10.8. The minimum absolute atomic E-state index is 0.105. The van der Waals surface area contributed by atoms with Crippen molar-refractivity contribution in [1.82, 2.24) is 0 Å². The smallest absolute Gasteiger partial charge is 0.261 e. The third-order valence-electron chi connectivity index (χ3n) is 7.94. The van der Waals surface area contributed by atoms with Gasteiger partial charge < -0.3 is 4.90 Å². The van der Waals surface area contributed by atoms with Crippen LogP contribution in [0.15, 0.2) is 88.4 Å². The summed E-state index contributed by atoms with van der Waals surface area (Å²) in [6, 6.07) is 27.2. The number of hydrogen-bond donors (Lipinski definition) is 0. The number of fused-ring (bicyclic) bond motifs is 4. The summed E-state index contributed by atoms with van der Waals surface area (Å²) in [4.78, 5) is 16.8. The number of anilines is 2. The fraction of sp³-hybridized carbons (Fsp3) is 0.310. The van der Waals surface area contributed by atoms with Crippen molar-refractivity contribution in [3.8, 4) is 0 Å². The number of benzene rings is 3. The summed E-state index contributed by atoms with van der Waals surface area (Å²) < 4.78 is 1.05. The van der Waals surface area contributed by atoms with Crippen LogP contribution in [-0.2, 0) is 17.6 Å². The molecule has 0 saturated carbocycles. The highest BCUT2D eigenvalue weighted by atomic mass is 79.9. The van der Waals surface area contributed by atoms with Gasteiger partial charge in [0.2, 0.25) is 0 Å². The first-order valence-electron chi connectivity index (χ1n) is 12.1. The van der Waals surface area contributed by atoms with E-state index in [4.69, 9.17) is 5.10 Å². The zero-order chi connectivity index (χ0) is 23.3. The molecule has 172 valence electrons. The van der Waals surface area contributed by atoms with E-state index in [1.807, 2.05) is 30.3 Å². The lowest BCUT2D eigenvalue weighted by atomic mass is 9.64. The van der Waals surface area contributed by atoms with Gasteiger partial charge in [0.15, 0.2) is 0 Å². The van der Waals surface area contributed by atoms with Crippen LogP contribution in [-0.4, -0.2) is 24.2 Å². The van der Waals surface area contributed by atoms with Gasteiger partial charge >= 0.3 is 0 Å². The molecule has 1 spiro atoms. The Morgan fingerprint density at radius 1 is 1.03 bits per heavy atom. The van der Waals surface area contributed by atoms with E-state index in [1.165, 1.54) is 16.8 Å². The van der Waals surface area contributed by atoms with Crippen LogP contribution >= 0.6 is 15.9 Å².